The molecule has 0 saturated carbocycles. The summed E-state index contributed by atoms with van der Waals surface area (Å²) in [6.45, 7) is 5.20. The number of piperazine rings is 1. The predicted molar refractivity (Wildman–Crippen MR) is 281 cm³/mol. The van der Waals surface area contributed by atoms with Crippen LogP contribution in [0.1, 0.15) is 62.6 Å². The standard InChI is InChI=1S/C58H57N7O8/c1-62-20-22-63(23-21-62)40-17-15-38(16-18-40)39-27-42-33-61-51-31-55(53(70-3)29-48(51)57(67)65(42)35-39)72-25-9-24-71-54-30-50-47(28-52(54)69-2)56(66)64-34-37(26-41(64)32-60-50)10-8-19-59-58(68)73-36-49-45-13-6-4-11-43(45)44-12-5-7-14-46(44)49/h4-8,10-18,28-35,41-42,49H,9,19-27,36H2,1-3H3,(H,59,68)/b10-8+/t41-,42-/m0/s1. The van der Waals surface area contributed by atoms with Gasteiger partial charge in [-0.2, -0.15) is 0 Å². The second-order valence-corrected chi connectivity index (χ2v) is 18.9. The van der Waals surface area contributed by atoms with Gasteiger partial charge in [0, 0.05) is 94.1 Å². The van der Waals surface area contributed by atoms with Crippen molar-refractivity contribution in [3.05, 3.63) is 155 Å². The zero-order chi connectivity index (χ0) is 50.0. The Kier molecular flexibility index (Phi) is 13.3. The van der Waals surface area contributed by atoms with E-state index >= 15 is 0 Å². The maximum atomic E-state index is 14.0. The van der Waals surface area contributed by atoms with E-state index in [1.807, 2.05) is 55.0 Å². The zero-order valence-electron chi connectivity index (χ0n) is 41.2. The van der Waals surface area contributed by atoms with Gasteiger partial charge in [0.2, 0.25) is 0 Å². The summed E-state index contributed by atoms with van der Waals surface area (Å²) in [7, 11) is 5.24. The minimum atomic E-state index is -0.492. The summed E-state index contributed by atoms with van der Waals surface area (Å²) in [5.74, 6) is 1.39. The Morgan fingerprint density at radius 2 is 1.26 bits per heavy atom. The van der Waals surface area contributed by atoms with E-state index in [4.69, 9.17) is 33.7 Å². The molecule has 5 aliphatic heterocycles. The second-order valence-electron chi connectivity index (χ2n) is 18.9. The van der Waals surface area contributed by atoms with Gasteiger partial charge < -0.3 is 48.6 Å². The van der Waals surface area contributed by atoms with Crippen molar-refractivity contribution in [1.82, 2.24) is 20.0 Å². The van der Waals surface area contributed by atoms with Crippen molar-refractivity contribution in [2.45, 2.75) is 37.3 Å². The van der Waals surface area contributed by atoms with E-state index in [1.54, 1.807) is 47.4 Å². The van der Waals surface area contributed by atoms with E-state index in [2.05, 4.69) is 70.7 Å². The van der Waals surface area contributed by atoms with Crippen LogP contribution in [0.2, 0.25) is 0 Å². The molecule has 5 heterocycles. The summed E-state index contributed by atoms with van der Waals surface area (Å²) in [5, 5.41) is 2.82. The molecule has 5 aromatic rings. The highest BCUT2D eigenvalue weighted by atomic mass is 16.5. The largest absolute Gasteiger partial charge is 0.493 e. The third kappa shape index (κ3) is 9.55. The van der Waals surface area contributed by atoms with E-state index in [0.717, 1.165) is 54.0 Å². The third-order valence-corrected chi connectivity index (χ3v) is 14.4. The molecule has 73 heavy (non-hydrogen) atoms. The van der Waals surface area contributed by atoms with Crippen molar-refractivity contribution in [1.29, 1.82) is 0 Å². The first-order valence-corrected chi connectivity index (χ1v) is 24.9. The van der Waals surface area contributed by atoms with Gasteiger partial charge in [0.1, 0.15) is 6.61 Å². The maximum absolute atomic E-state index is 14.0. The van der Waals surface area contributed by atoms with Crippen LogP contribution in [0, 0.1) is 0 Å². The van der Waals surface area contributed by atoms with Gasteiger partial charge in [0.05, 0.1) is 62.0 Å². The van der Waals surface area contributed by atoms with Crippen LogP contribution in [-0.2, 0) is 4.74 Å². The molecular formula is C58H57N7O8. The number of carbonyl (C=O) groups excluding carboxylic acids is 3. The van der Waals surface area contributed by atoms with Crippen molar-refractivity contribution in [2.24, 2.45) is 9.98 Å². The first kappa shape index (κ1) is 47.2. The van der Waals surface area contributed by atoms with Crippen molar-refractivity contribution in [2.75, 3.05) is 78.7 Å². The Bertz CT molecular complexity index is 3070. The van der Waals surface area contributed by atoms with Crippen LogP contribution in [-0.4, -0.2) is 131 Å². The number of alkyl carbamates (subject to hydrolysis) is 1. The Balaban J connectivity index is 0.660. The van der Waals surface area contributed by atoms with Crippen LogP contribution >= 0.6 is 0 Å². The molecule has 11 rings (SSSR count). The Hall–Kier alpha value is -8.17. The van der Waals surface area contributed by atoms with Crippen LogP contribution in [0.25, 0.3) is 16.7 Å². The SMILES string of the molecule is COc1cc2c(cc1OCCCOc1cc3c(cc1OC)C(=O)N1C=C(c4ccc(N5CCN(C)CC5)cc4)C[C@H]1C=N3)N=C[C@@H]1CC(/C=C/CNC(=O)OCC3c4ccccc4-c4ccccc43)=CN1C2=O. The maximum Gasteiger partial charge on any atom is 0.407 e. The fourth-order valence-corrected chi connectivity index (χ4v) is 10.5. The summed E-state index contributed by atoms with van der Waals surface area (Å²) in [6.07, 6.45) is 12.4. The number of hydrogen-bond acceptors (Lipinski definition) is 12. The van der Waals surface area contributed by atoms with Crippen molar-refractivity contribution in [3.63, 3.8) is 0 Å². The number of benzene rings is 5. The molecule has 15 nitrogen and oxygen atoms in total. The van der Waals surface area contributed by atoms with E-state index < -0.39 is 6.09 Å². The van der Waals surface area contributed by atoms with Gasteiger partial charge in [-0.15, -0.1) is 0 Å². The topological polar surface area (TPSA) is 147 Å². The van der Waals surface area contributed by atoms with Gasteiger partial charge in [-0.3, -0.25) is 19.6 Å². The number of allylic oxidation sites excluding steroid dienone is 1. The minimum Gasteiger partial charge on any atom is -0.493 e. The lowest BCUT2D eigenvalue weighted by Crippen LogP contribution is -2.44. The fraction of sp³-hybridized carbons (Fsp3) is 0.293. The molecule has 372 valence electrons. The third-order valence-electron chi connectivity index (χ3n) is 14.4. The molecule has 3 amide bonds. The van der Waals surface area contributed by atoms with Crippen LogP contribution in [0.5, 0.6) is 23.0 Å². The van der Waals surface area contributed by atoms with Gasteiger partial charge in [-0.1, -0.05) is 72.8 Å². The number of nitrogens with one attached hydrogen (secondary N) is 1. The van der Waals surface area contributed by atoms with Crippen molar-refractivity contribution in [3.8, 4) is 34.1 Å². The van der Waals surface area contributed by atoms with Gasteiger partial charge in [0.25, 0.3) is 11.8 Å². The zero-order valence-corrected chi connectivity index (χ0v) is 41.2. The highest BCUT2D eigenvalue weighted by Crippen LogP contribution is 2.45. The quantitative estimate of drug-likeness (QED) is 0.101. The number of hydrogen-bond donors (Lipinski definition) is 1. The molecule has 1 aliphatic carbocycles. The van der Waals surface area contributed by atoms with Crippen LogP contribution in [0.4, 0.5) is 21.9 Å². The van der Waals surface area contributed by atoms with Crippen LogP contribution < -0.4 is 29.2 Å². The van der Waals surface area contributed by atoms with Gasteiger partial charge >= 0.3 is 6.09 Å². The predicted octanol–water partition coefficient (Wildman–Crippen LogP) is 9.18. The molecule has 1 N–H and O–H groups in total. The minimum absolute atomic E-state index is 0.0159. The number of methoxy groups -OCH3 is 2. The smallest absolute Gasteiger partial charge is 0.407 e. The number of ether oxygens (including phenoxy) is 5. The number of nitrogens with zero attached hydrogens (tertiary/aromatic N) is 6. The number of carbonyl (C=O) groups is 3. The Labute approximate surface area is 424 Å². The second kappa shape index (κ2) is 20.5. The molecule has 0 bridgehead atoms. The summed E-state index contributed by atoms with van der Waals surface area (Å²) in [4.78, 5) is 58.4. The van der Waals surface area contributed by atoms with Crippen LogP contribution in [0.3, 0.4) is 0 Å². The normalized spacial score (nSPS) is 18.8. The van der Waals surface area contributed by atoms with Gasteiger partial charge in [0.15, 0.2) is 23.0 Å². The number of likely N-dealkylation sites (N-methyl/N-ethyl adjacent to an activating group) is 1. The van der Waals surface area contributed by atoms with E-state index in [0.29, 0.717) is 64.8 Å². The highest BCUT2D eigenvalue weighted by Gasteiger charge is 2.35. The molecule has 15 heteroatoms. The average Bonchev–Trinajstić information content (AvgIpc) is 4.09. The molecule has 6 aliphatic rings. The van der Waals surface area contributed by atoms with E-state index in [9.17, 15) is 14.4 Å². The van der Waals surface area contributed by atoms with Crippen molar-refractivity contribution < 1.29 is 38.1 Å². The molecule has 0 spiro atoms. The average molecular weight is 980 g/mol. The highest BCUT2D eigenvalue weighted by molar-refractivity contribution is 6.06. The van der Waals surface area contributed by atoms with E-state index in [1.165, 1.54) is 23.9 Å². The van der Waals surface area contributed by atoms with Crippen molar-refractivity contribution >= 4 is 53.0 Å². The monoisotopic (exact) mass is 979 g/mol. The molecule has 2 atom stereocenters. The molecule has 0 aromatic heterocycles. The molecule has 1 fully saturated rings. The number of amides is 3. The first-order chi connectivity index (χ1) is 35.7. The summed E-state index contributed by atoms with van der Waals surface area (Å²) in [6, 6.07) is 31.5. The lowest BCUT2D eigenvalue weighted by Gasteiger charge is -2.34. The molecule has 0 unspecified atom stereocenters. The molecule has 1 saturated heterocycles. The Morgan fingerprint density at radius 1 is 0.685 bits per heavy atom. The summed E-state index contributed by atoms with van der Waals surface area (Å²) < 4.78 is 29.4. The Morgan fingerprint density at radius 3 is 1.86 bits per heavy atom. The first-order valence-electron chi connectivity index (χ1n) is 24.9. The number of anilines is 1. The molecule has 5 aromatic carbocycles. The fourth-order valence-electron chi connectivity index (χ4n) is 10.5. The van der Waals surface area contributed by atoms with Gasteiger partial charge in [-0.05, 0) is 76.7 Å². The molecular weight excluding hydrogens is 923 g/mol. The summed E-state index contributed by atoms with van der Waals surface area (Å²) >= 11 is 0. The summed E-state index contributed by atoms with van der Waals surface area (Å²) in [5.41, 5.74) is 10.8. The van der Waals surface area contributed by atoms with Crippen LogP contribution in [0.15, 0.2) is 137 Å². The lowest BCUT2D eigenvalue weighted by atomic mass is 9.98. The lowest BCUT2D eigenvalue weighted by molar-refractivity contribution is 0.0809. The number of fused-ring (bicyclic) bond motifs is 7. The number of rotatable bonds is 15. The number of aliphatic imine (C=N–C) groups is 2. The molecule has 0 radical (unpaired) electrons. The van der Waals surface area contributed by atoms with E-state index in [-0.39, 0.29) is 56.2 Å². The van der Waals surface area contributed by atoms with Gasteiger partial charge in [-0.25, -0.2) is 4.79 Å².